The zero-order chi connectivity index (χ0) is 12.1. The number of benzene rings is 1. The quantitative estimate of drug-likeness (QED) is 0.858. The molecule has 0 radical (unpaired) electrons. The van der Waals surface area contributed by atoms with Crippen molar-refractivity contribution in [3.05, 3.63) is 47.2 Å². The van der Waals surface area contributed by atoms with Crippen LogP contribution in [0.4, 0.5) is 0 Å². The Morgan fingerprint density at radius 3 is 2.82 bits per heavy atom. The van der Waals surface area contributed by atoms with E-state index in [1.165, 1.54) is 16.7 Å². The van der Waals surface area contributed by atoms with Crippen molar-refractivity contribution in [1.82, 2.24) is 5.32 Å². The van der Waals surface area contributed by atoms with Crippen molar-refractivity contribution < 1.29 is 4.74 Å². The molecule has 1 unspecified atom stereocenters. The average Bonchev–Trinajstić information content (AvgIpc) is 2.38. The minimum Gasteiger partial charge on any atom is -0.501 e. The Bertz CT molecular complexity index is 398. The van der Waals surface area contributed by atoms with Crippen LogP contribution < -0.4 is 5.32 Å². The molecule has 0 saturated heterocycles. The van der Waals surface area contributed by atoms with Gasteiger partial charge in [0.25, 0.3) is 0 Å². The highest BCUT2D eigenvalue weighted by atomic mass is 16.5. The molecule has 0 aromatic heterocycles. The maximum Gasteiger partial charge on any atom is 0.0876 e. The normalized spacial score (nSPS) is 17.2. The second kappa shape index (κ2) is 5.87. The van der Waals surface area contributed by atoms with Crippen LogP contribution in [0.3, 0.4) is 0 Å². The molecule has 2 heteroatoms. The van der Waals surface area contributed by atoms with E-state index in [4.69, 9.17) is 4.74 Å². The summed E-state index contributed by atoms with van der Waals surface area (Å²) in [7, 11) is 0. The largest absolute Gasteiger partial charge is 0.501 e. The fourth-order valence-corrected chi connectivity index (χ4v) is 2.35. The van der Waals surface area contributed by atoms with Crippen molar-refractivity contribution in [1.29, 1.82) is 0 Å². The lowest BCUT2D eigenvalue weighted by Gasteiger charge is -2.25. The van der Waals surface area contributed by atoms with Gasteiger partial charge in [-0.25, -0.2) is 0 Å². The van der Waals surface area contributed by atoms with Gasteiger partial charge < -0.3 is 10.1 Å². The summed E-state index contributed by atoms with van der Waals surface area (Å²) in [6.45, 7) is 6.14. The maximum absolute atomic E-state index is 5.47. The molecule has 17 heavy (non-hydrogen) atoms. The van der Waals surface area contributed by atoms with E-state index in [9.17, 15) is 0 Å². The number of rotatable bonds is 4. The monoisotopic (exact) mass is 231 g/mol. The van der Waals surface area contributed by atoms with Gasteiger partial charge in [-0.1, -0.05) is 31.2 Å². The molecule has 1 heterocycles. The summed E-state index contributed by atoms with van der Waals surface area (Å²) in [5, 5.41) is 3.56. The summed E-state index contributed by atoms with van der Waals surface area (Å²) in [6, 6.07) is 8.88. The van der Waals surface area contributed by atoms with Crippen LogP contribution in [0.2, 0.25) is 0 Å². The zero-order valence-corrected chi connectivity index (χ0v) is 10.7. The summed E-state index contributed by atoms with van der Waals surface area (Å²) < 4.78 is 5.47. The summed E-state index contributed by atoms with van der Waals surface area (Å²) in [4.78, 5) is 0. The Labute approximate surface area is 104 Å². The third-order valence-electron chi connectivity index (χ3n) is 3.24. The molecule has 0 amide bonds. The van der Waals surface area contributed by atoms with Gasteiger partial charge in [0.2, 0.25) is 0 Å². The van der Waals surface area contributed by atoms with Crippen LogP contribution in [0.5, 0.6) is 0 Å². The van der Waals surface area contributed by atoms with Crippen molar-refractivity contribution in [3.63, 3.8) is 0 Å². The Balaban J connectivity index is 2.28. The number of likely N-dealkylation sites (N-methyl/N-ethyl adjacent to an activating group) is 1. The van der Waals surface area contributed by atoms with Gasteiger partial charge >= 0.3 is 0 Å². The maximum atomic E-state index is 5.47. The lowest BCUT2D eigenvalue weighted by molar-refractivity contribution is 0.219. The molecule has 0 spiro atoms. The molecule has 1 atom stereocenters. The number of ether oxygens (including phenoxy) is 1. The molecule has 0 aliphatic carbocycles. The van der Waals surface area contributed by atoms with Crippen LogP contribution in [-0.4, -0.2) is 13.2 Å². The Morgan fingerprint density at radius 1 is 1.35 bits per heavy atom. The minimum atomic E-state index is 0.307. The fraction of sp³-hybridized carbons (Fsp3) is 0.467. The van der Waals surface area contributed by atoms with Gasteiger partial charge in [-0.3, -0.25) is 0 Å². The third kappa shape index (κ3) is 2.89. The average molecular weight is 231 g/mol. The molecule has 1 aromatic carbocycles. The van der Waals surface area contributed by atoms with Crippen molar-refractivity contribution in [3.8, 4) is 0 Å². The van der Waals surface area contributed by atoms with E-state index in [2.05, 4.69) is 43.4 Å². The lowest BCUT2D eigenvalue weighted by Crippen LogP contribution is -2.25. The highest BCUT2D eigenvalue weighted by molar-refractivity contribution is 5.34. The predicted molar refractivity (Wildman–Crippen MR) is 70.9 cm³/mol. The standard InChI is InChI=1S/C15H21NO/c1-3-16-15(13-8-6-10-17-11-13)14-9-5-4-7-12(14)2/h4-5,7,9,11,15-16H,3,6,8,10H2,1-2H3. The molecular formula is C15H21NO. The second-order valence-corrected chi connectivity index (χ2v) is 4.51. The highest BCUT2D eigenvalue weighted by Crippen LogP contribution is 2.29. The van der Waals surface area contributed by atoms with Gasteiger partial charge in [-0.2, -0.15) is 0 Å². The zero-order valence-electron chi connectivity index (χ0n) is 10.7. The first-order valence-electron chi connectivity index (χ1n) is 6.42. The van der Waals surface area contributed by atoms with Crippen molar-refractivity contribution in [2.75, 3.05) is 13.2 Å². The molecule has 0 saturated carbocycles. The van der Waals surface area contributed by atoms with Crippen LogP contribution in [0.25, 0.3) is 0 Å². The van der Waals surface area contributed by atoms with Crippen molar-refractivity contribution in [2.45, 2.75) is 32.7 Å². The topological polar surface area (TPSA) is 21.3 Å². The number of hydrogen-bond acceptors (Lipinski definition) is 2. The molecule has 1 N–H and O–H groups in total. The first kappa shape index (κ1) is 12.2. The van der Waals surface area contributed by atoms with E-state index in [0.717, 1.165) is 26.0 Å². The fourth-order valence-electron chi connectivity index (χ4n) is 2.35. The van der Waals surface area contributed by atoms with Gasteiger partial charge in [0.05, 0.1) is 18.9 Å². The molecule has 0 fully saturated rings. The Morgan fingerprint density at radius 2 is 2.18 bits per heavy atom. The molecule has 1 aliphatic heterocycles. The van der Waals surface area contributed by atoms with E-state index >= 15 is 0 Å². The van der Waals surface area contributed by atoms with Crippen LogP contribution in [0.15, 0.2) is 36.1 Å². The molecular weight excluding hydrogens is 210 g/mol. The molecule has 1 aliphatic rings. The summed E-state index contributed by atoms with van der Waals surface area (Å²) in [6.07, 6.45) is 4.20. The van der Waals surface area contributed by atoms with E-state index in [1.807, 2.05) is 6.26 Å². The second-order valence-electron chi connectivity index (χ2n) is 4.51. The van der Waals surface area contributed by atoms with Crippen LogP contribution in [0, 0.1) is 6.92 Å². The number of nitrogens with one attached hydrogen (secondary N) is 1. The van der Waals surface area contributed by atoms with E-state index in [-0.39, 0.29) is 0 Å². The minimum absolute atomic E-state index is 0.307. The third-order valence-corrected chi connectivity index (χ3v) is 3.24. The molecule has 2 nitrogen and oxygen atoms in total. The van der Waals surface area contributed by atoms with E-state index in [1.54, 1.807) is 0 Å². The van der Waals surface area contributed by atoms with Gasteiger partial charge in [-0.05, 0) is 43.0 Å². The number of hydrogen-bond donors (Lipinski definition) is 1. The van der Waals surface area contributed by atoms with Gasteiger partial charge in [0, 0.05) is 0 Å². The lowest BCUT2D eigenvalue weighted by atomic mass is 9.92. The van der Waals surface area contributed by atoms with E-state index in [0.29, 0.717) is 6.04 Å². The predicted octanol–water partition coefficient (Wildman–Crippen LogP) is 3.34. The van der Waals surface area contributed by atoms with Gasteiger partial charge in [0.1, 0.15) is 0 Å². The molecule has 92 valence electrons. The Kier molecular flexibility index (Phi) is 4.21. The van der Waals surface area contributed by atoms with Gasteiger partial charge in [-0.15, -0.1) is 0 Å². The first-order chi connectivity index (χ1) is 8.33. The van der Waals surface area contributed by atoms with Crippen LogP contribution in [-0.2, 0) is 4.74 Å². The SMILES string of the molecule is CCNC(C1=COCCC1)c1ccccc1C. The first-order valence-corrected chi connectivity index (χ1v) is 6.42. The van der Waals surface area contributed by atoms with Crippen LogP contribution in [0.1, 0.15) is 36.9 Å². The Hall–Kier alpha value is -1.28. The number of aryl methyl sites for hydroxylation is 1. The highest BCUT2D eigenvalue weighted by Gasteiger charge is 2.19. The summed E-state index contributed by atoms with van der Waals surface area (Å²) >= 11 is 0. The van der Waals surface area contributed by atoms with Crippen LogP contribution >= 0.6 is 0 Å². The van der Waals surface area contributed by atoms with Crippen molar-refractivity contribution in [2.24, 2.45) is 0 Å². The van der Waals surface area contributed by atoms with Crippen molar-refractivity contribution >= 4 is 0 Å². The molecule has 0 bridgehead atoms. The molecule has 2 rings (SSSR count). The van der Waals surface area contributed by atoms with Gasteiger partial charge in [0.15, 0.2) is 0 Å². The molecule has 1 aromatic rings. The van der Waals surface area contributed by atoms with E-state index < -0.39 is 0 Å². The summed E-state index contributed by atoms with van der Waals surface area (Å²) in [5.41, 5.74) is 4.07. The smallest absolute Gasteiger partial charge is 0.0876 e. The summed E-state index contributed by atoms with van der Waals surface area (Å²) in [5.74, 6) is 0.